The highest BCUT2D eigenvalue weighted by atomic mass is 19.1. The molecule has 0 spiro atoms. The molecule has 4 aromatic rings. The number of aliphatic hydroxyl groups excluding tert-OH is 1. The minimum Gasteiger partial charge on any atom is -0.392 e. The number of halogens is 1. The first-order chi connectivity index (χ1) is 10.7. The number of aliphatic hydroxyl groups is 1. The maximum absolute atomic E-state index is 14.1. The van der Waals surface area contributed by atoms with Gasteiger partial charge in [0.2, 0.25) is 0 Å². The van der Waals surface area contributed by atoms with Crippen molar-refractivity contribution >= 4 is 32.3 Å². The average molecular weight is 290 g/mol. The minimum atomic E-state index is -0.228. The summed E-state index contributed by atoms with van der Waals surface area (Å²) in [5, 5.41) is 15.6. The lowest BCUT2D eigenvalue weighted by Gasteiger charge is -2.15. The molecule has 0 atom stereocenters. The van der Waals surface area contributed by atoms with Gasteiger partial charge in [-0.25, -0.2) is 4.39 Å². The summed E-state index contributed by atoms with van der Waals surface area (Å²) in [6.07, 6.45) is 0. The van der Waals surface area contributed by atoms with Gasteiger partial charge in [-0.2, -0.15) is 0 Å². The Hall–Kier alpha value is -2.45. The highest BCUT2D eigenvalue weighted by molar-refractivity contribution is 6.16. The molecule has 0 saturated heterocycles. The van der Waals surface area contributed by atoms with Crippen LogP contribution in [0.15, 0.2) is 54.6 Å². The maximum atomic E-state index is 14.1. The van der Waals surface area contributed by atoms with Crippen LogP contribution in [0, 0.1) is 12.7 Å². The van der Waals surface area contributed by atoms with Crippen LogP contribution in [0.3, 0.4) is 0 Å². The monoisotopic (exact) mass is 290 g/mol. The summed E-state index contributed by atoms with van der Waals surface area (Å²) in [7, 11) is 0. The normalized spacial score (nSPS) is 11.6. The van der Waals surface area contributed by atoms with Crippen molar-refractivity contribution in [2.75, 3.05) is 0 Å². The summed E-state index contributed by atoms with van der Waals surface area (Å²) < 4.78 is 14.1. The second-order valence-corrected chi connectivity index (χ2v) is 5.63. The third kappa shape index (κ3) is 1.68. The van der Waals surface area contributed by atoms with Gasteiger partial charge < -0.3 is 5.11 Å². The van der Waals surface area contributed by atoms with E-state index >= 15 is 0 Å². The van der Waals surface area contributed by atoms with E-state index in [9.17, 15) is 9.50 Å². The SMILES string of the molecule is Cc1c2ccccc2c(CO)c2c1ccc1c(F)cccc12. The second kappa shape index (κ2) is 4.79. The third-order valence-electron chi connectivity index (χ3n) is 4.53. The molecule has 0 aliphatic carbocycles. The first kappa shape index (κ1) is 13.2. The zero-order valence-corrected chi connectivity index (χ0v) is 12.2. The highest BCUT2D eigenvalue weighted by Gasteiger charge is 2.14. The van der Waals surface area contributed by atoms with E-state index in [1.165, 1.54) is 6.07 Å². The van der Waals surface area contributed by atoms with Crippen LogP contribution in [-0.4, -0.2) is 5.11 Å². The zero-order valence-electron chi connectivity index (χ0n) is 12.2. The standard InChI is InChI=1S/C20H15FO/c1-12-13-5-2-3-6-15(13)18(11-22)20-14(12)9-10-16-17(20)7-4-8-19(16)21/h2-10,22H,11H2,1H3. The largest absolute Gasteiger partial charge is 0.392 e. The van der Waals surface area contributed by atoms with Gasteiger partial charge in [-0.15, -0.1) is 0 Å². The van der Waals surface area contributed by atoms with E-state index in [1.807, 2.05) is 36.4 Å². The third-order valence-corrected chi connectivity index (χ3v) is 4.53. The molecule has 0 aliphatic rings. The quantitative estimate of drug-likeness (QED) is 0.382. The van der Waals surface area contributed by atoms with Crippen molar-refractivity contribution in [3.05, 3.63) is 71.5 Å². The number of benzene rings is 4. The molecule has 0 saturated carbocycles. The van der Waals surface area contributed by atoms with Crippen molar-refractivity contribution in [3.63, 3.8) is 0 Å². The average Bonchev–Trinajstić information content (AvgIpc) is 2.56. The van der Waals surface area contributed by atoms with E-state index in [-0.39, 0.29) is 12.4 Å². The van der Waals surface area contributed by atoms with Crippen LogP contribution in [0.1, 0.15) is 11.1 Å². The first-order valence-corrected chi connectivity index (χ1v) is 7.34. The predicted molar refractivity (Wildman–Crippen MR) is 89.6 cm³/mol. The molecule has 0 bridgehead atoms. The maximum Gasteiger partial charge on any atom is 0.131 e. The molecule has 22 heavy (non-hydrogen) atoms. The number of hydrogen-bond donors (Lipinski definition) is 1. The van der Waals surface area contributed by atoms with E-state index in [1.54, 1.807) is 6.07 Å². The van der Waals surface area contributed by atoms with Crippen LogP contribution in [0.4, 0.5) is 4.39 Å². The molecule has 0 aromatic heterocycles. The molecule has 1 nitrogen and oxygen atoms in total. The van der Waals surface area contributed by atoms with Crippen molar-refractivity contribution in [2.24, 2.45) is 0 Å². The van der Waals surface area contributed by atoms with Crippen LogP contribution in [0.5, 0.6) is 0 Å². The Labute approximate surface area is 127 Å². The number of fused-ring (bicyclic) bond motifs is 4. The molecule has 0 amide bonds. The van der Waals surface area contributed by atoms with E-state index in [0.717, 1.165) is 38.1 Å². The van der Waals surface area contributed by atoms with Crippen LogP contribution in [0.25, 0.3) is 32.3 Å². The number of hydrogen-bond acceptors (Lipinski definition) is 1. The summed E-state index contributed by atoms with van der Waals surface area (Å²) in [5.41, 5.74) is 2.03. The van der Waals surface area contributed by atoms with Crippen molar-refractivity contribution in [3.8, 4) is 0 Å². The molecule has 0 fully saturated rings. The summed E-state index contributed by atoms with van der Waals surface area (Å²) in [5.74, 6) is -0.228. The van der Waals surface area contributed by atoms with Crippen LogP contribution < -0.4 is 0 Å². The summed E-state index contributed by atoms with van der Waals surface area (Å²) in [6, 6.07) is 17.0. The van der Waals surface area contributed by atoms with Gasteiger partial charge >= 0.3 is 0 Å². The van der Waals surface area contributed by atoms with E-state index in [2.05, 4.69) is 13.0 Å². The lowest BCUT2D eigenvalue weighted by Crippen LogP contribution is -1.94. The van der Waals surface area contributed by atoms with Crippen LogP contribution in [0.2, 0.25) is 0 Å². The summed E-state index contributed by atoms with van der Waals surface area (Å²) >= 11 is 0. The van der Waals surface area contributed by atoms with Gasteiger partial charge in [0, 0.05) is 5.39 Å². The number of rotatable bonds is 1. The van der Waals surface area contributed by atoms with E-state index < -0.39 is 0 Å². The molecule has 0 aliphatic heterocycles. The summed E-state index contributed by atoms with van der Waals surface area (Å²) in [4.78, 5) is 0. The lowest BCUT2D eigenvalue weighted by molar-refractivity contribution is 0.285. The second-order valence-electron chi connectivity index (χ2n) is 5.63. The zero-order chi connectivity index (χ0) is 15.3. The molecular formula is C20H15FO. The van der Waals surface area contributed by atoms with Gasteiger partial charge in [0.25, 0.3) is 0 Å². The molecule has 0 heterocycles. The van der Waals surface area contributed by atoms with Gasteiger partial charge in [0.05, 0.1) is 6.61 Å². The van der Waals surface area contributed by atoms with Crippen molar-refractivity contribution in [1.82, 2.24) is 0 Å². The first-order valence-electron chi connectivity index (χ1n) is 7.34. The molecular weight excluding hydrogens is 275 g/mol. The van der Waals surface area contributed by atoms with Gasteiger partial charge in [0.1, 0.15) is 5.82 Å². The van der Waals surface area contributed by atoms with E-state index in [4.69, 9.17) is 0 Å². The Morgan fingerprint density at radius 1 is 0.773 bits per heavy atom. The van der Waals surface area contributed by atoms with Crippen molar-refractivity contribution < 1.29 is 9.50 Å². The molecule has 0 unspecified atom stereocenters. The molecule has 1 N–H and O–H groups in total. The van der Waals surface area contributed by atoms with Gasteiger partial charge in [-0.3, -0.25) is 0 Å². The lowest BCUT2D eigenvalue weighted by atomic mass is 9.89. The Morgan fingerprint density at radius 3 is 2.23 bits per heavy atom. The topological polar surface area (TPSA) is 20.2 Å². The Bertz CT molecular complexity index is 1030. The molecule has 4 rings (SSSR count). The van der Waals surface area contributed by atoms with Gasteiger partial charge in [-0.05, 0) is 51.0 Å². The Kier molecular flexibility index (Phi) is 2.88. The minimum absolute atomic E-state index is 0.0626. The van der Waals surface area contributed by atoms with E-state index in [0.29, 0.717) is 5.39 Å². The fourth-order valence-corrected chi connectivity index (χ4v) is 3.47. The fraction of sp³-hybridized carbons (Fsp3) is 0.100. The molecule has 4 aromatic carbocycles. The van der Waals surface area contributed by atoms with Crippen molar-refractivity contribution in [1.29, 1.82) is 0 Å². The molecule has 108 valence electrons. The van der Waals surface area contributed by atoms with Crippen molar-refractivity contribution in [2.45, 2.75) is 13.5 Å². The highest BCUT2D eigenvalue weighted by Crippen LogP contribution is 2.37. The fourth-order valence-electron chi connectivity index (χ4n) is 3.47. The predicted octanol–water partition coefficient (Wildman–Crippen LogP) is 5.09. The smallest absolute Gasteiger partial charge is 0.131 e. The Morgan fingerprint density at radius 2 is 1.45 bits per heavy atom. The van der Waals surface area contributed by atoms with Crippen LogP contribution >= 0.6 is 0 Å². The Balaban J connectivity index is 2.37. The molecule has 0 radical (unpaired) electrons. The number of aryl methyl sites for hydroxylation is 1. The van der Waals surface area contributed by atoms with Gasteiger partial charge in [-0.1, -0.05) is 48.5 Å². The van der Waals surface area contributed by atoms with Crippen LogP contribution in [-0.2, 0) is 6.61 Å². The molecule has 2 heteroatoms. The van der Waals surface area contributed by atoms with Gasteiger partial charge in [0.15, 0.2) is 0 Å². The summed E-state index contributed by atoms with van der Waals surface area (Å²) in [6.45, 7) is 2.02.